The van der Waals surface area contributed by atoms with Gasteiger partial charge in [0.2, 0.25) is 0 Å². The second-order valence-electron chi connectivity index (χ2n) is 5.92. The molecule has 0 spiro atoms. The lowest BCUT2D eigenvalue weighted by Gasteiger charge is -2.34. The van der Waals surface area contributed by atoms with Crippen molar-refractivity contribution in [2.75, 3.05) is 38.1 Å². The first-order chi connectivity index (χ1) is 11.2. The third-order valence-corrected chi connectivity index (χ3v) is 4.51. The van der Waals surface area contributed by atoms with Gasteiger partial charge in [0.15, 0.2) is 11.5 Å². The molecule has 5 nitrogen and oxygen atoms in total. The molecule has 1 aliphatic heterocycles. The van der Waals surface area contributed by atoms with Gasteiger partial charge in [-0.15, -0.1) is 5.10 Å². The molecule has 1 aliphatic rings. The smallest absolute Gasteiger partial charge is 0.182 e. The molecule has 0 unspecified atom stereocenters. The number of nitrogens with zero attached hydrogens (tertiary/aromatic N) is 5. The van der Waals surface area contributed by atoms with E-state index in [0.717, 1.165) is 43.2 Å². The minimum absolute atomic E-state index is 0.652. The third-order valence-electron chi connectivity index (χ3n) is 4.29. The van der Waals surface area contributed by atoms with Crippen LogP contribution in [0.2, 0.25) is 5.02 Å². The molecular weight excluding hydrogens is 310 g/mol. The van der Waals surface area contributed by atoms with E-state index in [4.69, 9.17) is 11.6 Å². The van der Waals surface area contributed by atoms with Crippen LogP contribution >= 0.6 is 11.6 Å². The van der Waals surface area contributed by atoms with Crippen molar-refractivity contribution < 1.29 is 0 Å². The van der Waals surface area contributed by atoms with Crippen LogP contribution in [0.5, 0.6) is 0 Å². The fourth-order valence-electron chi connectivity index (χ4n) is 2.87. The zero-order valence-corrected chi connectivity index (χ0v) is 13.7. The van der Waals surface area contributed by atoms with E-state index in [9.17, 15) is 0 Å². The van der Waals surface area contributed by atoms with Gasteiger partial charge in [-0.2, -0.15) is 0 Å². The Bertz CT molecular complexity index is 819. The highest BCUT2D eigenvalue weighted by atomic mass is 35.5. The summed E-state index contributed by atoms with van der Waals surface area (Å²) in [4.78, 5) is 9.32. The van der Waals surface area contributed by atoms with Crippen molar-refractivity contribution in [3.63, 3.8) is 0 Å². The lowest BCUT2D eigenvalue weighted by Crippen LogP contribution is -2.44. The van der Waals surface area contributed by atoms with Crippen molar-refractivity contribution in [2.24, 2.45) is 0 Å². The molecule has 0 N–H and O–H groups in total. The highest BCUT2D eigenvalue weighted by Crippen LogP contribution is 2.22. The van der Waals surface area contributed by atoms with Crippen molar-refractivity contribution >= 4 is 22.9 Å². The van der Waals surface area contributed by atoms with E-state index in [1.54, 1.807) is 10.7 Å². The van der Waals surface area contributed by atoms with Crippen LogP contribution < -0.4 is 4.90 Å². The number of rotatable bonds is 2. The van der Waals surface area contributed by atoms with E-state index in [1.807, 2.05) is 12.1 Å². The van der Waals surface area contributed by atoms with Gasteiger partial charge in [0.25, 0.3) is 0 Å². The summed E-state index contributed by atoms with van der Waals surface area (Å²) in [6.45, 7) is 4.36. The largest absolute Gasteiger partial charge is 0.369 e. The van der Waals surface area contributed by atoms with Crippen molar-refractivity contribution in [1.29, 1.82) is 0 Å². The van der Waals surface area contributed by atoms with Crippen molar-refractivity contribution in [2.45, 2.75) is 0 Å². The Morgan fingerprint density at radius 1 is 0.957 bits per heavy atom. The normalized spacial score (nSPS) is 16.2. The Labute approximate surface area is 140 Å². The number of piperazine rings is 1. The van der Waals surface area contributed by atoms with Gasteiger partial charge in [-0.1, -0.05) is 11.6 Å². The maximum Gasteiger partial charge on any atom is 0.182 e. The van der Waals surface area contributed by atoms with E-state index in [0.29, 0.717) is 5.02 Å². The SMILES string of the molecule is CN1CCN(c2ccc(-c3nc4ccc(Cl)cn4n3)cc2)CC1. The molecule has 0 radical (unpaired) electrons. The molecule has 0 atom stereocenters. The van der Waals surface area contributed by atoms with Gasteiger partial charge in [0.1, 0.15) is 0 Å². The highest BCUT2D eigenvalue weighted by molar-refractivity contribution is 6.30. The number of hydrogen-bond donors (Lipinski definition) is 0. The molecule has 1 fully saturated rings. The fourth-order valence-corrected chi connectivity index (χ4v) is 3.02. The number of aromatic nitrogens is 3. The van der Waals surface area contributed by atoms with Crippen molar-refractivity contribution in [3.8, 4) is 11.4 Å². The van der Waals surface area contributed by atoms with E-state index in [1.165, 1.54) is 5.69 Å². The Kier molecular flexibility index (Phi) is 3.67. The molecule has 1 saturated heterocycles. The van der Waals surface area contributed by atoms with Crippen LogP contribution in [0.15, 0.2) is 42.6 Å². The third kappa shape index (κ3) is 2.90. The van der Waals surface area contributed by atoms with Crippen LogP contribution in [0, 0.1) is 0 Å². The lowest BCUT2D eigenvalue weighted by molar-refractivity contribution is 0.313. The molecule has 1 aromatic carbocycles. The fraction of sp³-hybridized carbons (Fsp3) is 0.294. The molecule has 0 bridgehead atoms. The number of anilines is 1. The predicted molar refractivity (Wildman–Crippen MR) is 93.1 cm³/mol. The van der Waals surface area contributed by atoms with Crippen LogP contribution in [0.4, 0.5) is 5.69 Å². The Balaban J connectivity index is 1.59. The van der Waals surface area contributed by atoms with Crippen molar-refractivity contribution in [3.05, 3.63) is 47.6 Å². The minimum atomic E-state index is 0.652. The lowest BCUT2D eigenvalue weighted by atomic mass is 10.1. The van der Waals surface area contributed by atoms with E-state index < -0.39 is 0 Å². The van der Waals surface area contributed by atoms with Gasteiger partial charge in [-0.25, -0.2) is 9.50 Å². The van der Waals surface area contributed by atoms with E-state index >= 15 is 0 Å². The summed E-state index contributed by atoms with van der Waals surface area (Å²) in [7, 11) is 2.17. The molecular formula is C17H18ClN5. The number of halogens is 1. The van der Waals surface area contributed by atoms with E-state index in [-0.39, 0.29) is 0 Å². The molecule has 2 aromatic heterocycles. The molecule has 3 heterocycles. The van der Waals surface area contributed by atoms with Gasteiger partial charge in [-0.05, 0) is 43.4 Å². The predicted octanol–water partition coefficient (Wildman–Crippen LogP) is 2.80. The van der Waals surface area contributed by atoms with Gasteiger partial charge >= 0.3 is 0 Å². The molecule has 23 heavy (non-hydrogen) atoms. The average Bonchev–Trinajstić information content (AvgIpc) is 2.99. The zero-order chi connectivity index (χ0) is 15.8. The van der Waals surface area contributed by atoms with Crippen LogP contribution in [-0.4, -0.2) is 52.7 Å². The molecule has 4 rings (SSSR count). The standard InChI is InChI=1S/C17H18ClN5/c1-21-8-10-22(11-9-21)15-5-2-13(3-6-15)17-19-16-7-4-14(18)12-23(16)20-17/h2-7,12H,8-11H2,1H3. The summed E-state index contributed by atoms with van der Waals surface area (Å²) in [5.74, 6) is 0.720. The second kappa shape index (κ2) is 5.83. The summed E-state index contributed by atoms with van der Waals surface area (Å²) in [6, 6.07) is 12.2. The number of pyridine rings is 1. The Hall–Kier alpha value is -2.11. The summed E-state index contributed by atoms with van der Waals surface area (Å²) in [5, 5.41) is 5.15. The number of fused-ring (bicyclic) bond motifs is 1. The number of likely N-dealkylation sites (N-methyl/N-ethyl adjacent to an activating group) is 1. The van der Waals surface area contributed by atoms with E-state index in [2.05, 4.69) is 51.2 Å². The summed E-state index contributed by atoms with van der Waals surface area (Å²) >= 11 is 5.99. The maximum atomic E-state index is 5.99. The monoisotopic (exact) mass is 327 g/mol. The number of hydrogen-bond acceptors (Lipinski definition) is 4. The second-order valence-corrected chi connectivity index (χ2v) is 6.36. The summed E-state index contributed by atoms with van der Waals surface area (Å²) in [6.07, 6.45) is 1.77. The molecule has 3 aromatic rings. The highest BCUT2D eigenvalue weighted by Gasteiger charge is 2.14. The maximum absolute atomic E-state index is 5.99. The van der Waals surface area contributed by atoms with Crippen LogP contribution in [0.3, 0.4) is 0 Å². The summed E-state index contributed by atoms with van der Waals surface area (Å²) in [5.41, 5.74) is 3.07. The first-order valence-electron chi connectivity index (χ1n) is 7.75. The first kappa shape index (κ1) is 14.5. The molecule has 0 aliphatic carbocycles. The molecule has 6 heteroatoms. The average molecular weight is 328 g/mol. The quantitative estimate of drug-likeness (QED) is 0.725. The molecule has 118 valence electrons. The van der Waals surface area contributed by atoms with Crippen LogP contribution in [0.25, 0.3) is 17.0 Å². The van der Waals surface area contributed by atoms with Crippen LogP contribution in [0.1, 0.15) is 0 Å². The van der Waals surface area contributed by atoms with Gasteiger partial charge < -0.3 is 9.80 Å². The minimum Gasteiger partial charge on any atom is -0.369 e. The van der Waals surface area contributed by atoms with Gasteiger partial charge in [0.05, 0.1) is 5.02 Å². The first-order valence-corrected chi connectivity index (χ1v) is 8.13. The number of benzene rings is 1. The van der Waals surface area contributed by atoms with Gasteiger partial charge in [0, 0.05) is 43.6 Å². The van der Waals surface area contributed by atoms with Gasteiger partial charge in [-0.3, -0.25) is 0 Å². The van der Waals surface area contributed by atoms with Crippen molar-refractivity contribution in [1.82, 2.24) is 19.5 Å². The van der Waals surface area contributed by atoms with Crippen LogP contribution in [-0.2, 0) is 0 Å². The summed E-state index contributed by atoms with van der Waals surface area (Å²) < 4.78 is 1.71. The molecule has 0 saturated carbocycles. The zero-order valence-electron chi connectivity index (χ0n) is 13.0. The Morgan fingerprint density at radius 3 is 2.43 bits per heavy atom. The topological polar surface area (TPSA) is 36.7 Å². The molecule has 0 amide bonds. The Morgan fingerprint density at radius 2 is 1.70 bits per heavy atom.